The van der Waals surface area contributed by atoms with Crippen molar-refractivity contribution < 1.29 is 4.79 Å². The Morgan fingerprint density at radius 3 is 2.62 bits per heavy atom. The largest absolute Gasteiger partial charge is 0.294 e. The highest BCUT2D eigenvalue weighted by molar-refractivity contribution is 6.31. The van der Waals surface area contributed by atoms with Gasteiger partial charge in [0.05, 0.1) is 11.6 Å². The van der Waals surface area contributed by atoms with Crippen LogP contribution in [0.3, 0.4) is 0 Å². The number of hydrogen-bond donors (Lipinski definition) is 0. The summed E-state index contributed by atoms with van der Waals surface area (Å²) in [5.41, 5.74) is 1.56. The minimum atomic E-state index is -0.106. The molecule has 0 aliphatic rings. The molecule has 0 saturated heterocycles. The Labute approximate surface area is 81.7 Å². The van der Waals surface area contributed by atoms with Crippen molar-refractivity contribution >= 4 is 17.4 Å². The highest BCUT2D eigenvalue weighted by atomic mass is 35.5. The number of benzene rings is 1. The number of carbonyl (C=O) groups is 1. The lowest BCUT2D eigenvalue weighted by atomic mass is 10.00. The molecule has 1 aromatic rings. The third-order valence-corrected chi connectivity index (χ3v) is 1.99. The van der Waals surface area contributed by atoms with Crippen LogP contribution in [0.15, 0.2) is 12.1 Å². The summed E-state index contributed by atoms with van der Waals surface area (Å²) in [6.07, 6.45) is 0. The van der Waals surface area contributed by atoms with E-state index in [-0.39, 0.29) is 5.78 Å². The number of ketones is 1. The molecular formula is C10H8ClNO. The molecule has 2 nitrogen and oxygen atoms in total. The number of rotatable bonds is 1. The molecule has 0 aliphatic carbocycles. The number of nitriles is 1. The molecule has 66 valence electrons. The van der Waals surface area contributed by atoms with Gasteiger partial charge < -0.3 is 0 Å². The zero-order chi connectivity index (χ0) is 10.0. The van der Waals surface area contributed by atoms with E-state index in [1.807, 2.05) is 6.07 Å². The van der Waals surface area contributed by atoms with E-state index in [0.29, 0.717) is 16.1 Å². The first-order valence-electron chi connectivity index (χ1n) is 3.77. The second-order valence-corrected chi connectivity index (χ2v) is 3.25. The van der Waals surface area contributed by atoms with Gasteiger partial charge in [-0.25, -0.2) is 0 Å². The van der Waals surface area contributed by atoms with Crippen molar-refractivity contribution in [1.82, 2.24) is 0 Å². The molecule has 0 saturated carbocycles. The average Bonchev–Trinajstić information content (AvgIpc) is 2.01. The van der Waals surface area contributed by atoms with Gasteiger partial charge in [0, 0.05) is 10.6 Å². The van der Waals surface area contributed by atoms with Crippen LogP contribution < -0.4 is 0 Å². The maximum Gasteiger partial charge on any atom is 0.161 e. The van der Waals surface area contributed by atoms with Crippen LogP contribution in [0.5, 0.6) is 0 Å². The predicted octanol–water partition coefficient (Wildman–Crippen LogP) is 2.72. The van der Waals surface area contributed by atoms with Gasteiger partial charge in [-0.3, -0.25) is 4.79 Å². The smallest absolute Gasteiger partial charge is 0.161 e. The van der Waals surface area contributed by atoms with Gasteiger partial charge >= 0.3 is 0 Å². The third kappa shape index (κ3) is 1.88. The zero-order valence-electron chi connectivity index (χ0n) is 7.39. The summed E-state index contributed by atoms with van der Waals surface area (Å²) in [7, 11) is 0. The Balaban J connectivity index is 3.50. The minimum absolute atomic E-state index is 0.106. The molecule has 0 aromatic heterocycles. The quantitative estimate of drug-likeness (QED) is 0.644. The number of hydrogen-bond acceptors (Lipinski definition) is 2. The van der Waals surface area contributed by atoms with Crippen LogP contribution >= 0.6 is 11.6 Å². The van der Waals surface area contributed by atoms with Crippen LogP contribution in [-0.2, 0) is 0 Å². The lowest BCUT2D eigenvalue weighted by molar-refractivity contribution is 0.101. The van der Waals surface area contributed by atoms with Crippen LogP contribution in [0.25, 0.3) is 0 Å². The summed E-state index contributed by atoms with van der Waals surface area (Å²) in [5, 5.41) is 9.24. The summed E-state index contributed by atoms with van der Waals surface area (Å²) >= 11 is 5.74. The Hall–Kier alpha value is -1.33. The first kappa shape index (κ1) is 9.76. The van der Waals surface area contributed by atoms with Gasteiger partial charge in [0.2, 0.25) is 0 Å². The van der Waals surface area contributed by atoms with E-state index in [2.05, 4.69) is 0 Å². The summed E-state index contributed by atoms with van der Waals surface area (Å²) in [5.74, 6) is -0.106. The highest BCUT2D eigenvalue weighted by Crippen LogP contribution is 2.20. The normalized spacial score (nSPS) is 9.38. The fraction of sp³-hybridized carbons (Fsp3) is 0.200. The Morgan fingerprint density at radius 1 is 1.54 bits per heavy atom. The van der Waals surface area contributed by atoms with E-state index in [0.717, 1.165) is 5.56 Å². The molecule has 0 atom stereocenters. The standard InChI is InChI=1S/C10H8ClNO/c1-6-3-9(11)4-8(5-12)10(6)7(2)13/h3-4H,1-2H3. The zero-order valence-corrected chi connectivity index (χ0v) is 8.14. The van der Waals surface area contributed by atoms with Crippen molar-refractivity contribution in [2.45, 2.75) is 13.8 Å². The monoisotopic (exact) mass is 193 g/mol. The summed E-state index contributed by atoms with van der Waals surface area (Å²) in [4.78, 5) is 11.2. The summed E-state index contributed by atoms with van der Waals surface area (Å²) in [6.45, 7) is 3.21. The Kier molecular flexibility index (Phi) is 2.69. The van der Waals surface area contributed by atoms with E-state index in [1.165, 1.54) is 13.0 Å². The molecule has 0 amide bonds. The number of aryl methyl sites for hydroxylation is 1. The second-order valence-electron chi connectivity index (χ2n) is 2.81. The van der Waals surface area contributed by atoms with Crippen LogP contribution in [0.2, 0.25) is 5.02 Å². The van der Waals surface area contributed by atoms with Gasteiger partial charge in [0.15, 0.2) is 5.78 Å². The average molecular weight is 194 g/mol. The van der Waals surface area contributed by atoms with Gasteiger partial charge in [-0.1, -0.05) is 11.6 Å². The SMILES string of the molecule is CC(=O)c1c(C)cc(Cl)cc1C#N. The summed E-state index contributed by atoms with van der Waals surface area (Å²) < 4.78 is 0. The lowest BCUT2D eigenvalue weighted by Gasteiger charge is -2.04. The molecule has 3 heteroatoms. The Morgan fingerprint density at radius 2 is 2.15 bits per heavy atom. The number of nitrogens with zero attached hydrogens (tertiary/aromatic N) is 1. The molecule has 0 unspecified atom stereocenters. The number of carbonyl (C=O) groups excluding carboxylic acids is 1. The van der Waals surface area contributed by atoms with Crippen molar-refractivity contribution in [1.29, 1.82) is 5.26 Å². The predicted molar refractivity (Wildman–Crippen MR) is 50.9 cm³/mol. The molecule has 0 aliphatic heterocycles. The van der Waals surface area contributed by atoms with Crippen molar-refractivity contribution in [3.05, 3.63) is 33.8 Å². The van der Waals surface area contributed by atoms with E-state index in [1.54, 1.807) is 13.0 Å². The van der Waals surface area contributed by atoms with E-state index < -0.39 is 0 Å². The molecular weight excluding hydrogens is 186 g/mol. The van der Waals surface area contributed by atoms with Gasteiger partial charge in [0.25, 0.3) is 0 Å². The van der Waals surface area contributed by atoms with Crippen molar-refractivity contribution in [3.63, 3.8) is 0 Å². The molecule has 1 rings (SSSR count). The van der Waals surface area contributed by atoms with Crippen molar-refractivity contribution in [2.75, 3.05) is 0 Å². The maximum absolute atomic E-state index is 11.2. The van der Waals surface area contributed by atoms with E-state index in [9.17, 15) is 4.79 Å². The van der Waals surface area contributed by atoms with E-state index >= 15 is 0 Å². The molecule has 0 bridgehead atoms. The van der Waals surface area contributed by atoms with Gasteiger partial charge in [-0.15, -0.1) is 0 Å². The molecule has 0 fully saturated rings. The van der Waals surface area contributed by atoms with Gasteiger partial charge in [0.1, 0.15) is 0 Å². The molecule has 0 spiro atoms. The molecule has 13 heavy (non-hydrogen) atoms. The Bertz CT molecular complexity index is 404. The first-order valence-corrected chi connectivity index (χ1v) is 4.15. The minimum Gasteiger partial charge on any atom is -0.294 e. The van der Waals surface area contributed by atoms with Crippen LogP contribution in [0.1, 0.15) is 28.4 Å². The number of halogens is 1. The fourth-order valence-electron chi connectivity index (χ4n) is 1.30. The molecule has 0 radical (unpaired) electrons. The number of Topliss-reactive ketones (excluding diaryl/α,β-unsaturated/α-hetero) is 1. The van der Waals surface area contributed by atoms with Crippen molar-refractivity contribution in [3.8, 4) is 6.07 Å². The van der Waals surface area contributed by atoms with E-state index in [4.69, 9.17) is 16.9 Å². The third-order valence-electron chi connectivity index (χ3n) is 1.77. The van der Waals surface area contributed by atoms with Crippen LogP contribution in [-0.4, -0.2) is 5.78 Å². The maximum atomic E-state index is 11.2. The summed E-state index contributed by atoms with van der Waals surface area (Å²) in [6, 6.07) is 5.14. The molecule has 0 N–H and O–H groups in total. The molecule has 1 aromatic carbocycles. The second kappa shape index (κ2) is 3.59. The van der Waals surface area contributed by atoms with Gasteiger partial charge in [-0.05, 0) is 31.5 Å². The highest BCUT2D eigenvalue weighted by Gasteiger charge is 2.10. The molecule has 0 heterocycles. The lowest BCUT2D eigenvalue weighted by Crippen LogP contribution is -2.00. The van der Waals surface area contributed by atoms with Crippen LogP contribution in [0.4, 0.5) is 0 Å². The topological polar surface area (TPSA) is 40.9 Å². The first-order chi connectivity index (χ1) is 6.06. The fourth-order valence-corrected chi connectivity index (χ4v) is 1.57. The van der Waals surface area contributed by atoms with Crippen molar-refractivity contribution in [2.24, 2.45) is 0 Å². The van der Waals surface area contributed by atoms with Crippen LogP contribution in [0, 0.1) is 18.3 Å². The van der Waals surface area contributed by atoms with Gasteiger partial charge in [-0.2, -0.15) is 5.26 Å².